The first kappa shape index (κ1) is 13.0. The van der Waals surface area contributed by atoms with E-state index in [9.17, 15) is 9.00 Å². The molecule has 1 atom stereocenters. The van der Waals surface area contributed by atoms with E-state index < -0.39 is 10.8 Å². The topological polar surface area (TPSA) is 63.4 Å². The van der Waals surface area contributed by atoms with Gasteiger partial charge in [-0.2, -0.15) is 0 Å². The minimum atomic E-state index is -1.51. The first-order valence-corrected chi connectivity index (χ1v) is 6.25. The van der Waals surface area contributed by atoms with Crippen LogP contribution in [0.25, 0.3) is 0 Å². The minimum Gasteiger partial charge on any atom is -0.398 e. The van der Waals surface area contributed by atoms with Crippen LogP contribution < -0.4 is 5.73 Å². The molecule has 0 fully saturated rings. The van der Waals surface area contributed by atoms with Gasteiger partial charge in [0.2, 0.25) is 5.91 Å². The number of nitrogens with zero attached hydrogens (tertiary/aromatic N) is 1. The van der Waals surface area contributed by atoms with Crippen LogP contribution in [0.5, 0.6) is 0 Å². The SMILES string of the molecule is CN(C)C(=O)CS(=O)c1c(N)cccc1Cl. The maximum atomic E-state index is 11.9. The first-order valence-electron chi connectivity index (χ1n) is 4.56. The largest absolute Gasteiger partial charge is 0.398 e. The third kappa shape index (κ3) is 2.96. The van der Waals surface area contributed by atoms with Crippen molar-refractivity contribution in [2.45, 2.75) is 4.90 Å². The van der Waals surface area contributed by atoms with Crippen molar-refractivity contribution in [3.63, 3.8) is 0 Å². The summed E-state index contributed by atoms with van der Waals surface area (Å²) in [5.41, 5.74) is 6.02. The summed E-state index contributed by atoms with van der Waals surface area (Å²) in [6, 6.07) is 4.89. The number of rotatable bonds is 3. The minimum absolute atomic E-state index is 0.110. The number of nitrogens with two attached hydrogens (primary N) is 1. The van der Waals surface area contributed by atoms with Crippen LogP contribution in [0.1, 0.15) is 0 Å². The molecule has 0 heterocycles. The lowest BCUT2D eigenvalue weighted by Gasteiger charge is -2.11. The number of benzene rings is 1. The first-order chi connectivity index (χ1) is 7.43. The van der Waals surface area contributed by atoms with Crippen LogP contribution in [0.4, 0.5) is 5.69 Å². The third-order valence-corrected chi connectivity index (χ3v) is 3.83. The van der Waals surface area contributed by atoms with Crippen molar-refractivity contribution in [3.05, 3.63) is 23.2 Å². The molecule has 1 unspecified atom stereocenters. The van der Waals surface area contributed by atoms with Gasteiger partial charge in [-0.25, -0.2) is 0 Å². The molecule has 2 N–H and O–H groups in total. The van der Waals surface area contributed by atoms with Crippen molar-refractivity contribution in [1.82, 2.24) is 4.90 Å². The highest BCUT2D eigenvalue weighted by Gasteiger charge is 2.16. The number of anilines is 1. The monoisotopic (exact) mass is 260 g/mol. The van der Waals surface area contributed by atoms with E-state index in [1.165, 1.54) is 4.90 Å². The molecule has 88 valence electrons. The molecule has 0 aliphatic carbocycles. The summed E-state index contributed by atoms with van der Waals surface area (Å²) in [5, 5.41) is 0.324. The van der Waals surface area contributed by atoms with Gasteiger partial charge in [0.15, 0.2) is 0 Å². The van der Waals surface area contributed by atoms with Crippen molar-refractivity contribution >= 4 is 34.0 Å². The summed E-state index contributed by atoms with van der Waals surface area (Å²) in [5.74, 6) is -0.335. The zero-order valence-electron chi connectivity index (χ0n) is 9.07. The quantitative estimate of drug-likeness (QED) is 0.829. The predicted molar refractivity (Wildman–Crippen MR) is 65.8 cm³/mol. The molecule has 4 nitrogen and oxygen atoms in total. The molecule has 16 heavy (non-hydrogen) atoms. The number of halogens is 1. The molecule has 0 aliphatic heterocycles. The Morgan fingerprint density at radius 3 is 2.62 bits per heavy atom. The summed E-state index contributed by atoms with van der Waals surface area (Å²) in [6.07, 6.45) is 0. The molecule has 1 aromatic rings. The third-order valence-electron chi connectivity index (χ3n) is 1.98. The predicted octanol–water partition coefficient (Wildman–Crippen LogP) is 1.12. The Balaban J connectivity index is 2.93. The van der Waals surface area contributed by atoms with Crippen LogP contribution in [0, 0.1) is 0 Å². The van der Waals surface area contributed by atoms with Crippen molar-refractivity contribution < 1.29 is 9.00 Å². The van der Waals surface area contributed by atoms with Gasteiger partial charge in [-0.15, -0.1) is 0 Å². The van der Waals surface area contributed by atoms with Crippen LogP contribution in [-0.2, 0) is 15.6 Å². The Kier molecular flexibility index (Phi) is 4.32. The van der Waals surface area contributed by atoms with Gasteiger partial charge in [-0.05, 0) is 12.1 Å². The highest BCUT2D eigenvalue weighted by molar-refractivity contribution is 7.86. The summed E-state index contributed by atoms with van der Waals surface area (Å²) in [4.78, 5) is 13.1. The van der Waals surface area contributed by atoms with Gasteiger partial charge in [-0.3, -0.25) is 9.00 Å². The van der Waals surface area contributed by atoms with Crippen molar-refractivity contribution in [2.24, 2.45) is 0 Å². The Hall–Kier alpha value is -1.07. The fraction of sp³-hybridized carbons (Fsp3) is 0.300. The Bertz CT molecular complexity index is 415. The highest BCUT2D eigenvalue weighted by atomic mass is 35.5. The smallest absolute Gasteiger partial charge is 0.235 e. The summed E-state index contributed by atoms with van der Waals surface area (Å²) >= 11 is 5.89. The van der Waals surface area contributed by atoms with E-state index in [4.69, 9.17) is 17.3 Å². The van der Waals surface area contributed by atoms with Gasteiger partial charge in [0, 0.05) is 19.8 Å². The average Bonchev–Trinajstić information content (AvgIpc) is 2.16. The number of nitrogen functional groups attached to an aromatic ring is 1. The van der Waals surface area contributed by atoms with Crippen LogP contribution >= 0.6 is 11.6 Å². The second-order valence-electron chi connectivity index (χ2n) is 3.44. The molecule has 0 saturated heterocycles. The Labute approximate surface area is 102 Å². The molecule has 1 amide bonds. The van der Waals surface area contributed by atoms with Crippen molar-refractivity contribution in [1.29, 1.82) is 0 Å². The molecule has 1 aromatic carbocycles. The number of hydrogen-bond donors (Lipinski definition) is 1. The molecular weight excluding hydrogens is 248 g/mol. The van der Waals surface area contributed by atoms with E-state index in [0.717, 1.165) is 0 Å². The second-order valence-corrected chi connectivity index (χ2v) is 5.23. The molecule has 0 saturated carbocycles. The zero-order chi connectivity index (χ0) is 12.3. The zero-order valence-corrected chi connectivity index (χ0v) is 10.6. The molecule has 0 aliphatic rings. The standard InChI is InChI=1S/C10H13ClN2O2S/c1-13(2)9(14)6-16(15)10-7(11)4-3-5-8(10)12/h3-5H,6,12H2,1-2H3. The van der Waals surface area contributed by atoms with Gasteiger partial charge in [-0.1, -0.05) is 17.7 Å². The van der Waals surface area contributed by atoms with E-state index in [1.807, 2.05) is 0 Å². The summed E-state index contributed by atoms with van der Waals surface area (Å²) < 4.78 is 11.9. The highest BCUT2D eigenvalue weighted by Crippen LogP contribution is 2.25. The molecule has 0 radical (unpaired) electrons. The number of hydrogen-bond acceptors (Lipinski definition) is 3. The second kappa shape index (κ2) is 5.32. The van der Waals surface area contributed by atoms with E-state index in [1.54, 1.807) is 32.3 Å². The Morgan fingerprint density at radius 1 is 1.50 bits per heavy atom. The normalized spacial score (nSPS) is 12.2. The fourth-order valence-corrected chi connectivity index (χ4v) is 2.76. The van der Waals surface area contributed by atoms with Gasteiger partial charge in [0.25, 0.3) is 0 Å². The molecular formula is C10H13ClN2O2S. The number of carbonyl (C=O) groups is 1. The molecule has 1 rings (SSSR count). The number of amides is 1. The van der Waals surface area contributed by atoms with Crippen molar-refractivity contribution in [2.75, 3.05) is 25.6 Å². The lowest BCUT2D eigenvalue weighted by atomic mass is 10.3. The van der Waals surface area contributed by atoms with Crippen LogP contribution in [-0.4, -0.2) is 34.9 Å². The van der Waals surface area contributed by atoms with Crippen molar-refractivity contribution in [3.8, 4) is 0 Å². The molecule has 6 heteroatoms. The van der Waals surface area contributed by atoms with Gasteiger partial charge < -0.3 is 10.6 Å². The van der Waals surface area contributed by atoms with E-state index >= 15 is 0 Å². The lowest BCUT2D eigenvalue weighted by Crippen LogP contribution is -2.27. The van der Waals surface area contributed by atoms with Gasteiger partial charge in [0.1, 0.15) is 5.75 Å². The molecule has 0 aromatic heterocycles. The van der Waals surface area contributed by atoms with Crippen LogP contribution in [0.2, 0.25) is 5.02 Å². The van der Waals surface area contributed by atoms with Gasteiger partial charge in [0.05, 0.1) is 20.7 Å². The van der Waals surface area contributed by atoms with Crippen LogP contribution in [0.3, 0.4) is 0 Å². The van der Waals surface area contributed by atoms with E-state index in [2.05, 4.69) is 0 Å². The van der Waals surface area contributed by atoms with E-state index in [0.29, 0.717) is 15.6 Å². The van der Waals surface area contributed by atoms with E-state index in [-0.39, 0.29) is 11.7 Å². The Morgan fingerprint density at radius 2 is 2.12 bits per heavy atom. The average molecular weight is 261 g/mol. The fourth-order valence-electron chi connectivity index (χ4n) is 1.08. The van der Waals surface area contributed by atoms with Gasteiger partial charge >= 0.3 is 0 Å². The molecule has 0 spiro atoms. The summed E-state index contributed by atoms with van der Waals surface area (Å²) in [6.45, 7) is 0. The lowest BCUT2D eigenvalue weighted by molar-refractivity contribution is -0.125. The number of carbonyl (C=O) groups excluding carboxylic acids is 1. The maximum absolute atomic E-state index is 11.9. The summed E-state index contributed by atoms with van der Waals surface area (Å²) in [7, 11) is 1.71. The van der Waals surface area contributed by atoms with Crippen LogP contribution in [0.15, 0.2) is 23.1 Å². The maximum Gasteiger partial charge on any atom is 0.235 e. The molecule has 0 bridgehead atoms.